The van der Waals surface area contributed by atoms with E-state index in [1.807, 2.05) is 30.0 Å². The second kappa shape index (κ2) is 6.29. The van der Waals surface area contributed by atoms with Crippen molar-refractivity contribution >= 4 is 11.6 Å². The molecule has 3 heteroatoms. The van der Waals surface area contributed by atoms with Gasteiger partial charge in [0.1, 0.15) is 0 Å². The number of nitrogen functional groups attached to an aromatic ring is 1. The monoisotopic (exact) mass is 274 g/mol. The van der Waals surface area contributed by atoms with Crippen molar-refractivity contribution in [1.82, 2.24) is 4.90 Å². The Bertz CT molecular complexity index is 482. The lowest BCUT2D eigenvalue weighted by atomic mass is 9.89. The van der Waals surface area contributed by atoms with Gasteiger partial charge in [0.25, 0.3) is 5.91 Å². The van der Waals surface area contributed by atoms with Gasteiger partial charge in [-0.3, -0.25) is 4.79 Å². The van der Waals surface area contributed by atoms with Crippen LogP contribution in [0.25, 0.3) is 0 Å². The lowest BCUT2D eigenvalue weighted by Crippen LogP contribution is -2.32. The van der Waals surface area contributed by atoms with Crippen LogP contribution in [-0.2, 0) is 0 Å². The van der Waals surface area contributed by atoms with E-state index in [1.54, 1.807) is 0 Å². The van der Waals surface area contributed by atoms with Gasteiger partial charge in [0.15, 0.2) is 0 Å². The molecule has 1 unspecified atom stereocenters. The lowest BCUT2D eigenvalue weighted by Gasteiger charge is -2.22. The number of carbonyl (C=O) groups is 1. The minimum absolute atomic E-state index is 0.150. The van der Waals surface area contributed by atoms with Crippen LogP contribution in [0, 0.1) is 18.8 Å². The van der Waals surface area contributed by atoms with Crippen molar-refractivity contribution in [3.8, 4) is 0 Å². The number of hydrogen-bond donors (Lipinski definition) is 1. The summed E-state index contributed by atoms with van der Waals surface area (Å²) < 4.78 is 0. The predicted molar refractivity (Wildman–Crippen MR) is 83.7 cm³/mol. The summed E-state index contributed by atoms with van der Waals surface area (Å²) in [5, 5.41) is 0. The summed E-state index contributed by atoms with van der Waals surface area (Å²) in [4.78, 5) is 14.6. The molecule has 0 aromatic heterocycles. The van der Waals surface area contributed by atoms with Crippen LogP contribution in [0.4, 0.5) is 5.69 Å². The number of nitrogens with zero attached hydrogens (tertiary/aromatic N) is 1. The van der Waals surface area contributed by atoms with E-state index in [0.29, 0.717) is 5.92 Å². The molecule has 2 N–H and O–H groups in total. The third-order valence-corrected chi connectivity index (χ3v) is 4.52. The van der Waals surface area contributed by atoms with Crippen LogP contribution in [-0.4, -0.2) is 23.9 Å². The van der Waals surface area contributed by atoms with Crippen LogP contribution in [0.15, 0.2) is 18.2 Å². The van der Waals surface area contributed by atoms with Crippen molar-refractivity contribution in [2.24, 2.45) is 11.8 Å². The van der Waals surface area contributed by atoms with Gasteiger partial charge >= 0.3 is 0 Å². The summed E-state index contributed by atoms with van der Waals surface area (Å²) in [6, 6.07) is 5.58. The third-order valence-electron chi connectivity index (χ3n) is 4.52. The van der Waals surface area contributed by atoms with Gasteiger partial charge in [-0.25, -0.2) is 0 Å². The first-order valence-electron chi connectivity index (χ1n) is 7.64. The Labute approximate surface area is 122 Å². The van der Waals surface area contributed by atoms with Crippen LogP contribution in [0.2, 0.25) is 0 Å². The smallest absolute Gasteiger partial charge is 0.253 e. The fourth-order valence-corrected chi connectivity index (χ4v) is 2.98. The predicted octanol–water partition coefficient (Wildman–Crippen LogP) is 3.48. The zero-order valence-electron chi connectivity index (χ0n) is 12.9. The molecular weight excluding hydrogens is 248 g/mol. The van der Waals surface area contributed by atoms with Gasteiger partial charge in [-0.15, -0.1) is 0 Å². The number of hydrogen-bond acceptors (Lipinski definition) is 2. The summed E-state index contributed by atoms with van der Waals surface area (Å²) in [6.45, 7) is 8.27. The Hall–Kier alpha value is -1.51. The summed E-state index contributed by atoms with van der Waals surface area (Å²) in [5.74, 6) is 1.61. The van der Waals surface area contributed by atoms with E-state index in [0.717, 1.165) is 48.7 Å². The number of amides is 1. The Morgan fingerprint density at radius 2 is 2.05 bits per heavy atom. The summed E-state index contributed by atoms with van der Waals surface area (Å²) >= 11 is 0. The SMILES string of the molecule is Cc1cc(C(=O)N2CCCC(C(C)C)CC2)ccc1N. The zero-order chi connectivity index (χ0) is 14.7. The van der Waals surface area contributed by atoms with Crippen molar-refractivity contribution in [2.45, 2.75) is 40.0 Å². The highest BCUT2D eigenvalue weighted by Gasteiger charge is 2.23. The molecule has 1 saturated heterocycles. The zero-order valence-corrected chi connectivity index (χ0v) is 12.9. The van der Waals surface area contributed by atoms with Crippen molar-refractivity contribution in [3.63, 3.8) is 0 Å². The second-order valence-corrected chi connectivity index (χ2v) is 6.30. The first kappa shape index (κ1) is 14.9. The number of benzene rings is 1. The molecule has 2 rings (SSSR count). The molecule has 1 fully saturated rings. The van der Waals surface area contributed by atoms with Gasteiger partial charge in [-0.2, -0.15) is 0 Å². The molecule has 3 nitrogen and oxygen atoms in total. The minimum atomic E-state index is 0.150. The Kier molecular flexibility index (Phi) is 4.69. The van der Waals surface area contributed by atoms with Gasteiger partial charge in [0.05, 0.1) is 0 Å². The molecule has 0 spiro atoms. The molecule has 1 aromatic rings. The van der Waals surface area contributed by atoms with Gasteiger partial charge < -0.3 is 10.6 Å². The third kappa shape index (κ3) is 3.33. The van der Waals surface area contributed by atoms with E-state index in [1.165, 1.54) is 6.42 Å². The standard InChI is InChI=1S/C17H26N2O/c1-12(2)14-5-4-9-19(10-8-14)17(20)15-6-7-16(18)13(3)11-15/h6-7,11-12,14H,4-5,8-10,18H2,1-3H3. The normalized spacial score (nSPS) is 20.0. The summed E-state index contributed by atoms with van der Waals surface area (Å²) in [6.07, 6.45) is 3.47. The number of rotatable bonds is 2. The van der Waals surface area contributed by atoms with E-state index in [-0.39, 0.29) is 5.91 Å². The van der Waals surface area contributed by atoms with Crippen molar-refractivity contribution < 1.29 is 4.79 Å². The van der Waals surface area contributed by atoms with Gasteiger partial charge in [-0.1, -0.05) is 13.8 Å². The van der Waals surface area contributed by atoms with E-state index in [9.17, 15) is 4.79 Å². The van der Waals surface area contributed by atoms with Gasteiger partial charge in [0.2, 0.25) is 0 Å². The lowest BCUT2D eigenvalue weighted by molar-refractivity contribution is 0.0759. The molecule has 0 bridgehead atoms. The largest absolute Gasteiger partial charge is 0.399 e. The van der Waals surface area contributed by atoms with Crippen LogP contribution < -0.4 is 5.73 Å². The molecule has 0 aliphatic carbocycles. The maximum absolute atomic E-state index is 12.6. The molecule has 1 aromatic carbocycles. The topological polar surface area (TPSA) is 46.3 Å². The Balaban J connectivity index is 2.07. The molecule has 0 radical (unpaired) electrons. The highest BCUT2D eigenvalue weighted by Crippen LogP contribution is 2.25. The number of aryl methyl sites for hydroxylation is 1. The fourth-order valence-electron chi connectivity index (χ4n) is 2.98. The summed E-state index contributed by atoms with van der Waals surface area (Å²) in [5.41, 5.74) is 8.31. The molecule has 1 heterocycles. The summed E-state index contributed by atoms with van der Waals surface area (Å²) in [7, 11) is 0. The quantitative estimate of drug-likeness (QED) is 0.839. The second-order valence-electron chi connectivity index (χ2n) is 6.30. The van der Waals surface area contributed by atoms with E-state index in [4.69, 9.17) is 5.73 Å². The maximum atomic E-state index is 12.6. The molecular formula is C17H26N2O. The van der Waals surface area contributed by atoms with E-state index >= 15 is 0 Å². The van der Waals surface area contributed by atoms with E-state index in [2.05, 4.69) is 13.8 Å². The van der Waals surface area contributed by atoms with Crippen molar-refractivity contribution in [3.05, 3.63) is 29.3 Å². The van der Waals surface area contributed by atoms with Gasteiger partial charge in [0, 0.05) is 24.3 Å². The van der Waals surface area contributed by atoms with Crippen LogP contribution >= 0.6 is 0 Å². The fraction of sp³-hybridized carbons (Fsp3) is 0.588. The molecule has 1 aliphatic heterocycles. The highest BCUT2D eigenvalue weighted by molar-refractivity contribution is 5.94. The Morgan fingerprint density at radius 1 is 1.30 bits per heavy atom. The number of anilines is 1. The number of likely N-dealkylation sites (tertiary alicyclic amines) is 1. The van der Waals surface area contributed by atoms with Crippen molar-refractivity contribution in [2.75, 3.05) is 18.8 Å². The number of carbonyl (C=O) groups excluding carboxylic acids is 1. The molecule has 20 heavy (non-hydrogen) atoms. The van der Waals surface area contributed by atoms with Crippen LogP contribution in [0.1, 0.15) is 49.0 Å². The minimum Gasteiger partial charge on any atom is -0.399 e. The highest BCUT2D eigenvalue weighted by atomic mass is 16.2. The average Bonchev–Trinajstić information content (AvgIpc) is 2.67. The van der Waals surface area contributed by atoms with Crippen molar-refractivity contribution in [1.29, 1.82) is 0 Å². The van der Waals surface area contributed by atoms with E-state index < -0.39 is 0 Å². The Morgan fingerprint density at radius 3 is 2.70 bits per heavy atom. The molecule has 1 aliphatic rings. The maximum Gasteiger partial charge on any atom is 0.253 e. The first-order valence-corrected chi connectivity index (χ1v) is 7.64. The van der Waals surface area contributed by atoms with Gasteiger partial charge in [-0.05, 0) is 61.8 Å². The molecule has 110 valence electrons. The molecule has 1 amide bonds. The van der Waals surface area contributed by atoms with Crippen LogP contribution in [0.3, 0.4) is 0 Å². The number of nitrogens with two attached hydrogens (primary N) is 1. The van der Waals surface area contributed by atoms with Crippen LogP contribution in [0.5, 0.6) is 0 Å². The first-order chi connectivity index (χ1) is 9.49. The molecule has 0 saturated carbocycles. The molecule has 1 atom stereocenters. The average molecular weight is 274 g/mol.